The molecule has 0 aliphatic carbocycles. The highest BCUT2D eigenvalue weighted by Crippen LogP contribution is 2.36. The summed E-state index contributed by atoms with van der Waals surface area (Å²) in [4.78, 5) is 11.8. The topological polar surface area (TPSA) is 67.8 Å². The molecular formula is C15H19NO4. The van der Waals surface area contributed by atoms with E-state index in [0.29, 0.717) is 30.2 Å². The fourth-order valence-corrected chi connectivity index (χ4v) is 2.19. The minimum atomic E-state index is -0.106. The lowest BCUT2D eigenvalue weighted by molar-refractivity contribution is 0.0965. The first kappa shape index (κ1) is 14.4. The Hall–Kier alpha value is -2.01. The van der Waals surface area contributed by atoms with Crippen LogP contribution in [0.2, 0.25) is 0 Å². The lowest BCUT2D eigenvalue weighted by Gasteiger charge is -2.14. The quantitative estimate of drug-likeness (QED) is 0.802. The molecule has 108 valence electrons. The van der Waals surface area contributed by atoms with Gasteiger partial charge in [-0.25, -0.2) is 0 Å². The number of aliphatic hydroxyl groups is 1. The van der Waals surface area contributed by atoms with Gasteiger partial charge in [0.2, 0.25) is 0 Å². The highest BCUT2D eigenvalue weighted by Gasteiger charge is 2.26. The summed E-state index contributed by atoms with van der Waals surface area (Å²) in [7, 11) is 1.59. The summed E-state index contributed by atoms with van der Waals surface area (Å²) in [6.07, 6.45) is 1.80. The zero-order valence-corrected chi connectivity index (χ0v) is 11.9. The molecule has 0 atom stereocenters. The largest absolute Gasteiger partial charge is 0.496 e. The first-order valence-corrected chi connectivity index (χ1v) is 6.46. The number of hydrogen-bond donors (Lipinski definition) is 2. The number of aliphatic hydroxyl groups excluding tert-OH is 1. The van der Waals surface area contributed by atoms with E-state index in [2.05, 4.69) is 5.32 Å². The van der Waals surface area contributed by atoms with Gasteiger partial charge in [-0.2, -0.15) is 0 Å². The summed E-state index contributed by atoms with van der Waals surface area (Å²) < 4.78 is 11.1. The van der Waals surface area contributed by atoms with Crippen LogP contribution in [0.1, 0.15) is 28.4 Å². The number of benzene rings is 1. The first-order chi connectivity index (χ1) is 9.58. The normalized spacial score (nSPS) is 14.0. The van der Waals surface area contributed by atoms with Crippen LogP contribution in [-0.4, -0.2) is 31.3 Å². The van der Waals surface area contributed by atoms with Gasteiger partial charge in [0.15, 0.2) is 0 Å². The van der Waals surface area contributed by atoms with Crippen molar-refractivity contribution in [3.8, 4) is 11.5 Å². The molecule has 1 aliphatic rings. The molecule has 0 fully saturated rings. The maximum absolute atomic E-state index is 11.8. The third-order valence-corrected chi connectivity index (χ3v) is 3.38. The average Bonchev–Trinajstić information content (AvgIpc) is 2.80. The Labute approximate surface area is 118 Å². The van der Waals surface area contributed by atoms with Crippen molar-refractivity contribution in [3.63, 3.8) is 0 Å². The highest BCUT2D eigenvalue weighted by molar-refractivity contribution is 5.99. The zero-order valence-electron chi connectivity index (χ0n) is 11.9. The van der Waals surface area contributed by atoms with E-state index in [1.54, 1.807) is 19.3 Å². The molecular weight excluding hydrogens is 258 g/mol. The van der Waals surface area contributed by atoms with Crippen LogP contribution in [0.3, 0.4) is 0 Å². The van der Waals surface area contributed by atoms with Crippen LogP contribution in [0.5, 0.6) is 11.5 Å². The number of rotatable bonds is 5. The van der Waals surface area contributed by atoms with Crippen LogP contribution < -0.4 is 14.8 Å². The Kier molecular flexibility index (Phi) is 4.29. The smallest absolute Gasteiger partial charge is 0.252 e. The van der Waals surface area contributed by atoms with Gasteiger partial charge in [-0.1, -0.05) is 0 Å². The van der Waals surface area contributed by atoms with Gasteiger partial charge in [-0.3, -0.25) is 4.79 Å². The first-order valence-electron chi connectivity index (χ1n) is 6.46. The van der Waals surface area contributed by atoms with E-state index in [0.717, 1.165) is 16.7 Å². The van der Waals surface area contributed by atoms with E-state index in [1.807, 2.05) is 13.8 Å². The van der Waals surface area contributed by atoms with E-state index in [-0.39, 0.29) is 12.5 Å². The number of fused-ring (bicyclic) bond motifs is 1. The van der Waals surface area contributed by atoms with Gasteiger partial charge in [-0.15, -0.1) is 0 Å². The molecule has 5 nitrogen and oxygen atoms in total. The molecule has 5 heteroatoms. The molecule has 2 rings (SSSR count). The SMILES string of the molecule is COc1c(C)c(OCC=C(C)CO)cc2c1CNC2=O. The van der Waals surface area contributed by atoms with E-state index in [1.165, 1.54) is 0 Å². The molecule has 0 bridgehead atoms. The predicted molar refractivity (Wildman–Crippen MR) is 75.2 cm³/mol. The molecule has 1 aliphatic heterocycles. The van der Waals surface area contributed by atoms with Crippen LogP contribution in [0.15, 0.2) is 17.7 Å². The Morgan fingerprint density at radius 1 is 1.55 bits per heavy atom. The van der Waals surface area contributed by atoms with Crippen molar-refractivity contribution in [2.45, 2.75) is 20.4 Å². The van der Waals surface area contributed by atoms with Crippen molar-refractivity contribution in [2.75, 3.05) is 20.3 Å². The van der Waals surface area contributed by atoms with Crippen molar-refractivity contribution in [1.82, 2.24) is 5.32 Å². The number of methoxy groups -OCH3 is 1. The number of hydrogen-bond acceptors (Lipinski definition) is 4. The van der Waals surface area contributed by atoms with Crippen LogP contribution in [-0.2, 0) is 6.54 Å². The molecule has 0 aromatic heterocycles. The van der Waals surface area contributed by atoms with Crippen molar-refractivity contribution >= 4 is 5.91 Å². The van der Waals surface area contributed by atoms with Gasteiger partial charge >= 0.3 is 0 Å². The van der Waals surface area contributed by atoms with Crippen molar-refractivity contribution in [3.05, 3.63) is 34.4 Å². The van der Waals surface area contributed by atoms with Gasteiger partial charge in [0.25, 0.3) is 5.91 Å². The van der Waals surface area contributed by atoms with Crippen LogP contribution in [0.25, 0.3) is 0 Å². The molecule has 20 heavy (non-hydrogen) atoms. The number of carbonyl (C=O) groups is 1. The predicted octanol–water partition coefficient (Wildman–Crippen LogP) is 1.56. The molecule has 0 radical (unpaired) electrons. The fraction of sp³-hybridized carbons (Fsp3) is 0.400. The molecule has 0 saturated carbocycles. The van der Waals surface area contributed by atoms with Crippen LogP contribution in [0, 0.1) is 6.92 Å². The Morgan fingerprint density at radius 3 is 2.95 bits per heavy atom. The van der Waals surface area contributed by atoms with Gasteiger partial charge < -0.3 is 19.9 Å². The van der Waals surface area contributed by atoms with E-state index >= 15 is 0 Å². The Morgan fingerprint density at radius 2 is 2.30 bits per heavy atom. The summed E-state index contributed by atoms with van der Waals surface area (Å²) in [6, 6.07) is 1.75. The van der Waals surface area contributed by atoms with Gasteiger partial charge in [0.05, 0.1) is 19.3 Å². The van der Waals surface area contributed by atoms with E-state index in [4.69, 9.17) is 14.6 Å². The van der Waals surface area contributed by atoms with Crippen LogP contribution >= 0.6 is 0 Å². The van der Waals surface area contributed by atoms with Crippen LogP contribution in [0.4, 0.5) is 0 Å². The lowest BCUT2D eigenvalue weighted by atomic mass is 10.0. The molecule has 1 aromatic carbocycles. The van der Waals surface area contributed by atoms with Gasteiger partial charge in [-0.05, 0) is 31.6 Å². The summed E-state index contributed by atoms with van der Waals surface area (Å²) in [5.74, 6) is 1.21. The monoisotopic (exact) mass is 277 g/mol. The molecule has 1 heterocycles. The summed E-state index contributed by atoms with van der Waals surface area (Å²) in [5, 5.41) is 11.7. The number of ether oxygens (including phenoxy) is 2. The number of carbonyl (C=O) groups excluding carboxylic acids is 1. The standard InChI is InChI=1S/C15H19NO4/c1-9(8-17)4-5-20-13-6-11-12(7-16-15(11)18)14(19-3)10(13)2/h4,6,17H,5,7-8H2,1-3H3,(H,16,18). The Balaban J connectivity index is 2.30. The molecule has 2 N–H and O–H groups in total. The summed E-state index contributed by atoms with van der Waals surface area (Å²) in [5.41, 5.74) is 3.20. The fourth-order valence-electron chi connectivity index (χ4n) is 2.19. The third kappa shape index (κ3) is 2.63. The average molecular weight is 277 g/mol. The molecule has 0 saturated heterocycles. The molecule has 0 spiro atoms. The second kappa shape index (κ2) is 5.96. The summed E-state index contributed by atoms with van der Waals surface area (Å²) in [6.45, 7) is 4.57. The second-order valence-electron chi connectivity index (χ2n) is 4.76. The maximum atomic E-state index is 11.8. The van der Waals surface area contributed by atoms with Crippen molar-refractivity contribution < 1.29 is 19.4 Å². The minimum Gasteiger partial charge on any atom is -0.496 e. The Bertz CT molecular complexity index is 563. The van der Waals surface area contributed by atoms with Crippen molar-refractivity contribution in [1.29, 1.82) is 0 Å². The zero-order chi connectivity index (χ0) is 14.7. The van der Waals surface area contributed by atoms with E-state index in [9.17, 15) is 4.79 Å². The lowest BCUT2D eigenvalue weighted by Crippen LogP contribution is -2.12. The number of amides is 1. The molecule has 1 amide bonds. The number of nitrogens with one attached hydrogen (secondary N) is 1. The highest BCUT2D eigenvalue weighted by atomic mass is 16.5. The molecule has 0 unspecified atom stereocenters. The summed E-state index contributed by atoms with van der Waals surface area (Å²) >= 11 is 0. The van der Waals surface area contributed by atoms with Gasteiger partial charge in [0, 0.05) is 17.7 Å². The molecule has 1 aromatic rings. The second-order valence-corrected chi connectivity index (χ2v) is 4.76. The minimum absolute atomic E-state index is 0.0122. The van der Waals surface area contributed by atoms with E-state index < -0.39 is 0 Å². The van der Waals surface area contributed by atoms with Gasteiger partial charge in [0.1, 0.15) is 18.1 Å². The third-order valence-electron chi connectivity index (χ3n) is 3.38. The maximum Gasteiger partial charge on any atom is 0.252 e. The van der Waals surface area contributed by atoms with Crippen molar-refractivity contribution in [2.24, 2.45) is 0 Å².